The van der Waals surface area contributed by atoms with Crippen molar-refractivity contribution >= 4 is 35.6 Å². The average molecular weight is 478 g/mol. The van der Waals surface area contributed by atoms with E-state index in [-0.39, 0.29) is 42.8 Å². The smallest absolute Gasteiger partial charge is 0.423 e. The van der Waals surface area contributed by atoms with Crippen LogP contribution in [0.5, 0.6) is 6.08 Å². The average Bonchev–Trinajstić information content (AvgIpc) is 3.28. The van der Waals surface area contributed by atoms with Crippen molar-refractivity contribution in [3.63, 3.8) is 0 Å². The van der Waals surface area contributed by atoms with E-state index >= 15 is 0 Å². The summed E-state index contributed by atoms with van der Waals surface area (Å²) in [6.07, 6.45) is 0.0581. The van der Waals surface area contributed by atoms with Crippen molar-refractivity contribution in [2.24, 2.45) is 5.18 Å². The molecule has 1 aromatic heterocycles. The summed E-state index contributed by atoms with van der Waals surface area (Å²) in [5.41, 5.74) is 0.0482. The fourth-order valence-corrected chi connectivity index (χ4v) is 1.85. The quantitative estimate of drug-likeness (QED) is 0.226. The summed E-state index contributed by atoms with van der Waals surface area (Å²) < 4.78 is 39.5. The molecule has 0 aliphatic heterocycles. The molecule has 0 atom stereocenters. The number of nitrogens with one attached hydrogen (secondary N) is 1. The van der Waals surface area contributed by atoms with Crippen molar-refractivity contribution in [1.29, 1.82) is 0 Å². The standard InChI is InChI=1S/C11H10FN3O3.C6H4FNO.C4H6O3/c1-2-9(16)17-11-15-14-10(18-11)13-8-6-4-3-5-7(8)12;7-5-3-1-2-4-6(5)8-9;1-2-7-4(6)3-5/h3-6H,2H2,1H3,(H,13,14);1-4H;3H,2H2,1H3. The molecule has 11 nitrogen and oxygen atoms in total. The third-order valence-electron chi connectivity index (χ3n) is 3.35. The maximum Gasteiger partial charge on any atom is 0.423 e. The number of halogens is 2. The molecule has 180 valence electrons. The van der Waals surface area contributed by atoms with Gasteiger partial charge in [0.15, 0.2) is 5.82 Å². The van der Waals surface area contributed by atoms with Gasteiger partial charge >= 0.3 is 24.0 Å². The molecule has 0 saturated carbocycles. The van der Waals surface area contributed by atoms with Crippen LogP contribution in [0.25, 0.3) is 0 Å². The number of aldehydes is 1. The highest BCUT2D eigenvalue weighted by molar-refractivity contribution is 6.20. The summed E-state index contributed by atoms with van der Waals surface area (Å²) in [6.45, 7) is 3.54. The van der Waals surface area contributed by atoms with Crippen molar-refractivity contribution in [2.75, 3.05) is 11.9 Å². The Morgan fingerprint density at radius 3 is 2.21 bits per heavy atom. The SMILES string of the molecule is CCC(=O)Oc1nnc(Nc2ccccc2F)o1.CCOC(=O)C=O.O=Nc1ccccc1F. The van der Waals surface area contributed by atoms with Gasteiger partial charge in [0.05, 0.1) is 12.3 Å². The van der Waals surface area contributed by atoms with E-state index in [1.165, 1.54) is 30.3 Å². The lowest BCUT2D eigenvalue weighted by atomic mass is 10.3. The van der Waals surface area contributed by atoms with Crippen molar-refractivity contribution in [3.8, 4) is 6.08 Å². The highest BCUT2D eigenvalue weighted by atomic mass is 19.1. The second-order valence-corrected chi connectivity index (χ2v) is 5.72. The zero-order chi connectivity index (χ0) is 25.3. The first kappa shape index (κ1) is 27.5. The molecule has 0 bridgehead atoms. The van der Waals surface area contributed by atoms with E-state index in [2.05, 4.69) is 25.4 Å². The monoisotopic (exact) mass is 478 g/mol. The van der Waals surface area contributed by atoms with Crippen LogP contribution in [0, 0.1) is 16.5 Å². The normalized spacial score (nSPS) is 9.29. The first-order valence-corrected chi connectivity index (χ1v) is 9.60. The number of para-hydroxylation sites is 1. The Labute approximate surface area is 192 Å². The number of carbonyl (C=O) groups is 3. The Morgan fingerprint density at radius 1 is 1.06 bits per heavy atom. The maximum atomic E-state index is 13.3. The number of nitroso groups, excluding NO2 is 1. The minimum atomic E-state index is -0.803. The van der Waals surface area contributed by atoms with Gasteiger partial charge in [0.2, 0.25) is 6.29 Å². The number of esters is 2. The van der Waals surface area contributed by atoms with Gasteiger partial charge in [-0.15, -0.1) is 4.91 Å². The van der Waals surface area contributed by atoms with Gasteiger partial charge in [-0.1, -0.05) is 41.4 Å². The molecule has 3 aromatic rings. The van der Waals surface area contributed by atoms with Crippen LogP contribution in [0.1, 0.15) is 20.3 Å². The molecule has 0 fully saturated rings. The van der Waals surface area contributed by atoms with Gasteiger partial charge in [0.1, 0.15) is 11.5 Å². The van der Waals surface area contributed by atoms with Crippen LogP contribution < -0.4 is 10.1 Å². The van der Waals surface area contributed by atoms with Crippen LogP contribution in [0.3, 0.4) is 0 Å². The van der Waals surface area contributed by atoms with Crippen LogP contribution in [0.15, 0.2) is 58.1 Å². The molecule has 0 spiro atoms. The molecule has 34 heavy (non-hydrogen) atoms. The second kappa shape index (κ2) is 15.3. The van der Waals surface area contributed by atoms with Gasteiger partial charge in [-0.3, -0.25) is 9.59 Å². The topological polar surface area (TPSA) is 150 Å². The van der Waals surface area contributed by atoms with Crippen LogP contribution >= 0.6 is 0 Å². The maximum absolute atomic E-state index is 13.3. The predicted octanol–water partition coefficient (Wildman–Crippen LogP) is 4.24. The highest BCUT2D eigenvalue weighted by Gasteiger charge is 2.12. The van der Waals surface area contributed by atoms with E-state index in [0.29, 0.717) is 0 Å². The van der Waals surface area contributed by atoms with Crippen molar-refractivity contribution < 1.29 is 37.1 Å². The zero-order valence-corrected chi connectivity index (χ0v) is 18.1. The number of hydrogen-bond acceptors (Lipinski definition) is 11. The number of benzene rings is 2. The molecular formula is C21H20F2N4O7. The van der Waals surface area contributed by atoms with Crippen LogP contribution in [-0.4, -0.2) is 35.0 Å². The number of rotatable bonds is 7. The molecule has 3 rings (SSSR count). The van der Waals surface area contributed by atoms with Gasteiger partial charge in [-0.2, -0.15) is 0 Å². The Hall–Kier alpha value is -4.55. The minimum absolute atomic E-state index is 0.0565. The predicted molar refractivity (Wildman–Crippen MR) is 114 cm³/mol. The summed E-state index contributed by atoms with van der Waals surface area (Å²) >= 11 is 0. The van der Waals surface area contributed by atoms with Gasteiger partial charge in [-0.05, 0) is 36.4 Å². The summed E-state index contributed by atoms with van der Waals surface area (Å²) in [7, 11) is 0. The first-order chi connectivity index (χ1) is 16.3. The molecule has 0 aliphatic carbocycles. The zero-order valence-electron chi connectivity index (χ0n) is 18.1. The molecular weight excluding hydrogens is 458 g/mol. The number of carbonyl (C=O) groups excluding carboxylic acids is 3. The molecule has 0 unspecified atom stereocenters. The van der Waals surface area contributed by atoms with Gasteiger partial charge in [0.25, 0.3) is 0 Å². The van der Waals surface area contributed by atoms with E-state index in [9.17, 15) is 28.1 Å². The molecule has 0 radical (unpaired) electrons. The van der Waals surface area contributed by atoms with E-state index in [4.69, 9.17) is 9.15 Å². The largest absolute Gasteiger partial charge is 0.460 e. The highest BCUT2D eigenvalue weighted by Crippen LogP contribution is 2.20. The third-order valence-corrected chi connectivity index (χ3v) is 3.35. The fourth-order valence-electron chi connectivity index (χ4n) is 1.85. The van der Waals surface area contributed by atoms with Crippen molar-refractivity contribution in [2.45, 2.75) is 20.3 Å². The fraction of sp³-hybridized carbons (Fsp3) is 0.190. The molecule has 0 aliphatic rings. The Bertz CT molecular complexity index is 1090. The number of ether oxygens (including phenoxy) is 2. The van der Waals surface area contributed by atoms with Crippen molar-refractivity contribution in [3.05, 3.63) is 65.1 Å². The number of hydrogen-bond donors (Lipinski definition) is 1. The second-order valence-electron chi connectivity index (χ2n) is 5.72. The van der Waals surface area contributed by atoms with E-state index < -0.39 is 23.6 Å². The summed E-state index contributed by atoms with van der Waals surface area (Å²) in [5.74, 6) is -2.33. The van der Waals surface area contributed by atoms with E-state index in [1.54, 1.807) is 32.0 Å². The van der Waals surface area contributed by atoms with Gasteiger partial charge in [0, 0.05) is 6.42 Å². The molecule has 1 N–H and O–H groups in total. The lowest BCUT2D eigenvalue weighted by molar-refractivity contribution is -0.148. The third kappa shape index (κ3) is 10.2. The Balaban J connectivity index is 0.000000301. The van der Waals surface area contributed by atoms with Gasteiger partial charge < -0.3 is 19.2 Å². The summed E-state index contributed by atoms with van der Waals surface area (Å²) in [4.78, 5) is 40.0. The number of nitrogens with zero attached hydrogens (tertiary/aromatic N) is 3. The lowest BCUT2D eigenvalue weighted by Crippen LogP contribution is -2.05. The van der Waals surface area contributed by atoms with E-state index in [1.807, 2.05) is 0 Å². The van der Waals surface area contributed by atoms with Crippen LogP contribution in [0.2, 0.25) is 0 Å². The Morgan fingerprint density at radius 2 is 1.71 bits per heavy atom. The van der Waals surface area contributed by atoms with E-state index in [0.717, 1.165) is 0 Å². The minimum Gasteiger partial charge on any atom is -0.460 e. The Kier molecular flexibility index (Phi) is 12.4. The van der Waals surface area contributed by atoms with Crippen LogP contribution in [-0.2, 0) is 19.1 Å². The molecule has 0 amide bonds. The van der Waals surface area contributed by atoms with Crippen molar-refractivity contribution in [1.82, 2.24) is 10.2 Å². The molecule has 13 heteroatoms. The van der Waals surface area contributed by atoms with Crippen LogP contribution in [0.4, 0.5) is 26.2 Å². The molecule has 2 aromatic carbocycles. The lowest BCUT2D eigenvalue weighted by Gasteiger charge is -2.01. The molecule has 1 heterocycles. The summed E-state index contributed by atoms with van der Waals surface area (Å²) in [6, 6.07) is 11.5. The number of aromatic nitrogens is 2. The molecule has 0 saturated heterocycles. The first-order valence-electron chi connectivity index (χ1n) is 9.60. The van der Waals surface area contributed by atoms with Gasteiger partial charge in [-0.25, -0.2) is 13.6 Å². The number of anilines is 2. The summed E-state index contributed by atoms with van der Waals surface area (Å²) in [5, 5.41) is 12.1.